The van der Waals surface area contributed by atoms with Crippen molar-refractivity contribution in [3.05, 3.63) is 0 Å². The van der Waals surface area contributed by atoms with Gasteiger partial charge in [-0.25, -0.2) is 0 Å². The molecule has 2 heteroatoms. The predicted octanol–water partition coefficient (Wildman–Crippen LogP) is 1.52. The summed E-state index contributed by atoms with van der Waals surface area (Å²) in [6, 6.07) is 0. The Morgan fingerprint density at radius 3 is 2.20 bits per heavy atom. The van der Waals surface area contributed by atoms with Crippen LogP contribution in [0.25, 0.3) is 0 Å². The summed E-state index contributed by atoms with van der Waals surface area (Å²) in [6.07, 6.45) is 7.44. The first kappa shape index (κ1) is 7.58. The molecule has 1 aliphatic heterocycles. The van der Waals surface area contributed by atoms with Gasteiger partial charge >= 0.3 is 0 Å². The molecule has 1 fully saturated rings. The first-order valence-corrected chi connectivity index (χ1v) is 4.10. The minimum Gasteiger partial charge on any atom is -0.363 e. The molecule has 0 N–H and O–H groups in total. The van der Waals surface area contributed by atoms with Crippen molar-refractivity contribution in [1.29, 1.82) is 0 Å². The quantitative estimate of drug-likeness (QED) is 0.398. The fourth-order valence-electron chi connectivity index (χ4n) is 1.37. The predicted molar refractivity (Wildman–Crippen MR) is 44.5 cm³/mol. The summed E-state index contributed by atoms with van der Waals surface area (Å²) >= 11 is 0. The maximum absolute atomic E-state index is 4.00. The highest BCUT2D eigenvalue weighted by atomic mass is 15.1. The minimum absolute atomic E-state index is 1.21. The molecular formula is C8H16N2. The number of hydrogen-bond acceptors (Lipinski definition) is 1. The summed E-state index contributed by atoms with van der Waals surface area (Å²) in [5, 5.41) is 0. The molecule has 0 spiro atoms. The molecule has 1 rings (SSSR count). The van der Waals surface area contributed by atoms with Gasteiger partial charge in [-0.15, -0.1) is 0 Å². The van der Waals surface area contributed by atoms with Crippen molar-refractivity contribution in [3.63, 3.8) is 0 Å². The number of nitrogens with zero attached hydrogens (tertiary/aromatic N) is 2. The molecule has 0 aromatic carbocycles. The van der Waals surface area contributed by atoms with Gasteiger partial charge in [-0.2, -0.15) is 0 Å². The van der Waals surface area contributed by atoms with Crippen LogP contribution in [0.4, 0.5) is 0 Å². The van der Waals surface area contributed by atoms with Crippen LogP contribution in [-0.2, 0) is 0 Å². The van der Waals surface area contributed by atoms with Crippen molar-refractivity contribution >= 4 is 6.34 Å². The molecule has 1 saturated heterocycles. The molecule has 58 valence electrons. The highest BCUT2D eigenvalue weighted by molar-refractivity contribution is 5.54. The Kier molecular flexibility index (Phi) is 3.27. The molecule has 0 atom stereocenters. The zero-order valence-corrected chi connectivity index (χ0v) is 6.71. The molecule has 1 heterocycles. The summed E-state index contributed by atoms with van der Waals surface area (Å²) in [4.78, 5) is 6.31. The molecule has 0 saturated carbocycles. The Balaban J connectivity index is 2.28. The van der Waals surface area contributed by atoms with Crippen LogP contribution in [0.3, 0.4) is 0 Å². The molecule has 0 bridgehead atoms. The Morgan fingerprint density at radius 1 is 1.10 bits per heavy atom. The minimum atomic E-state index is 1.21. The summed E-state index contributed by atoms with van der Waals surface area (Å²) in [7, 11) is 1.84. The number of likely N-dealkylation sites (tertiary alicyclic amines) is 1. The average molecular weight is 140 g/mol. The lowest BCUT2D eigenvalue weighted by Gasteiger charge is -2.14. The maximum Gasteiger partial charge on any atom is 0.0846 e. The van der Waals surface area contributed by atoms with Gasteiger partial charge in [0.2, 0.25) is 0 Å². The van der Waals surface area contributed by atoms with Crippen LogP contribution in [0.15, 0.2) is 4.99 Å². The molecule has 0 unspecified atom stereocenters. The fourth-order valence-corrected chi connectivity index (χ4v) is 1.37. The van der Waals surface area contributed by atoms with Crippen molar-refractivity contribution in [2.24, 2.45) is 4.99 Å². The van der Waals surface area contributed by atoms with E-state index in [0.29, 0.717) is 0 Å². The molecule has 0 aromatic heterocycles. The third kappa shape index (κ3) is 2.38. The Labute approximate surface area is 62.9 Å². The van der Waals surface area contributed by atoms with Crippen LogP contribution in [0.5, 0.6) is 0 Å². The third-order valence-electron chi connectivity index (χ3n) is 1.92. The second kappa shape index (κ2) is 4.31. The molecule has 1 aliphatic rings. The normalized spacial score (nSPS) is 21.5. The van der Waals surface area contributed by atoms with Crippen molar-refractivity contribution < 1.29 is 0 Å². The highest BCUT2D eigenvalue weighted by Gasteiger charge is 2.03. The van der Waals surface area contributed by atoms with Gasteiger partial charge in [0.15, 0.2) is 0 Å². The molecule has 10 heavy (non-hydrogen) atoms. The van der Waals surface area contributed by atoms with Gasteiger partial charge in [0.1, 0.15) is 0 Å². The smallest absolute Gasteiger partial charge is 0.0846 e. The van der Waals surface area contributed by atoms with Crippen molar-refractivity contribution in [2.75, 3.05) is 20.1 Å². The van der Waals surface area contributed by atoms with Gasteiger partial charge in [0.25, 0.3) is 0 Å². The van der Waals surface area contributed by atoms with Crippen LogP contribution < -0.4 is 0 Å². The van der Waals surface area contributed by atoms with E-state index in [-0.39, 0.29) is 0 Å². The molecule has 2 nitrogen and oxygen atoms in total. The summed E-state index contributed by atoms with van der Waals surface area (Å²) < 4.78 is 0. The fraction of sp³-hybridized carbons (Fsp3) is 0.875. The van der Waals surface area contributed by atoms with Gasteiger partial charge in [0.05, 0.1) is 6.34 Å². The largest absolute Gasteiger partial charge is 0.363 e. The van der Waals surface area contributed by atoms with Crippen molar-refractivity contribution in [3.8, 4) is 0 Å². The average Bonchev–Trinajstić information content (AvgIpc) is 2.17. The number of aliphatic imine (C=N–C) groups is 1. The van der Waals surface area contributed by atoms with Crippen LogP contribution in [0, 0.1) is 0 Å². The zero-order valence-electron chi connectivity index (χ0n) is 6.71. The Bertz CT molecular complexity index is 102. The van der Waals surface area contributed by atoms with Crippen LogP contribution >= 0.6 is 0 Å². The molecular weight excluding hydrogens is 124 g/mol. The second-order valence-corrected chi connectivity index (χ2v) is 2.82. The Hall–Kier alpha value is -0.530. The van der Waals surface area contributed by atoms with Crippen LogP contribution in [0.2, 0.25) is 0 Å². The lowest BCUT2D eigenvalue weighted by Crippen LogP contribution is -2.22. The maximum atomic E-state index is 4.00. The molecule has 0 amide bonds. The zero-order chi connectivity index (χ0) is 7.23. The SMILES string of the molecule is C/N=C/N1CCCCCC1. The summed E-state index contributed by atoms with van der Waals surface area (Å²) in [5.74, 6) is 0. The van der Waals surface area contributed by atoms with Crippen LogP contribution in [0.1, 0.15) is 25.7 Å². The third-order valence-corrected chi connectivity index (χ3v) is 1.92. The van der Waals surface area contributed by atoms with E-state index in [4.69, 9.17) is 0 Å². The van der Waals surface area contributed by atoms with E-state index >= 15 is 0 Å². The van der Waals surface area contributed by atoms with Gasteiger partial charge < -0.3 is 4.90 Å². The van der Waals surface area contributed by atoms with E-state index in [9.17, 15) is 0 Å². The number of rotatable bonds is 1. The number of hydrogen-bond donors (Lipinski definition) is 0. The van der Waals surface area contributed by atoms with Crippen molar-refractivity contribution in [1.82, 2.24) is 4.90 Å². The van der Waals surface area contributed by atoms with E-state index in [1.165, 1.54) is 38.8 Å². The molecule has 0 radical (unpaired) electrons. The molecule has 0 aromatic rings. The Morgan fingerprint density at radius 2 is 1.70 bits per heavy atom. The van der Waals surface area contributed by atoms with E-state index in [1.807, 2.05) is 13.4 Å². The van der Waals surface area contributed by atoms with E-state index in [0.717, 1.165) is 0 Å². The summed E-state index contributed by atoms with van der Waals surface area (Å²) in [6.45, 7) is 2.41. The first-order valence-electron chi connectivity index (χ1n) is 4.10. The van der Waals surface area contributed by atoms with E-state index in [1.54, 1.807) is 0 Å². The molecule has 0 aliphatic carbocycles. The van der Waals surface area contributed by atoms with E-state index in [2.05, 4.69) is 9.89 Å². The lowest BCUT2D eigenvalue weighted by atomic mass is 10.2. The standard InChI is InChI=1S/C8H16N2/c1-9-8-10-6-4-2-3-5-7-10/h8H,2-7H2,1H3/b9-8+. The lowest BCUT2D eigenvalue weighted by molar-refractivity contribution is 0.447. The monoisotopic (exact) mass is 140 g/mol. The van der Waals surface area contributed by atoms with Gasteiger partial charge in [-0.05, 0) is 12.8 Å². The topological polar surface area (TPSA) is 15.6 Å². The van der Waals surface area contributed by atoms with Gasteiger partial charge in [-0.1, -0.05) is 12.8 Å². The van der Waals surface area contributed by atoms with E-state index < -0.39 is 0 Å². The van der Waals surface area contributed by atoms with Gasteiger partial charge in [0, 0.05) is 20.1 Å². The first-order chi connectivity index (χ1) is 4.93. The van der Waals surface area contributed by atoms with Crippen LogP contribution in [-0.4, -0.2) is 31.4 Å². The second-order valence-electron chi connectivity index (χ2n) is 2.82. The van der Waals surface area contributed by atoms with Crippen molar-refractivity contribution in [2.45, 2.75) is 25.7 Å². The summed E-state index contributed by atoms with van der Waals surface area (Å²) in [5.41, 5.74) is 0. The van der Waals surface area contributed by atoms with Gasteiger partial charge in [-0.3, -0.25) is 4.99 Å². The highest BCUT2D eigenvalue weighted by Crippen LogP contribution is 2.07.